The van der Waals surface area contributed by atoms with Gasteiger partial charge in [0.1, 0.15) is 24.2 Å². The van der Waals surface area contributed by atoms with Crippen molar-refractivity contribution in [3.8, 4) is 0 Å². The van der Waals surface area contributed by atoms with Crippen LogP contribution in [0.2, 0.25) is 0 Å². The highest BCUT2D eigenvalue weighted by Gasteiger charge is 2.41. The van der Waals surface area contributed by atoms with Gasteiger partial charge < -0.3 is 15.0 Å². The van der Waals surface area contributed by atoms with Gasteiger partial charge in [-0.3, -0.25) is 9.69 Å². The number of amidine groups is 1. The highest BCUT2D eigenvalue weighted by Crippen LogP contribution is 2.43. The summed E-state index contributed by atoms with van der Waals surface area (Å²) in [4.78, 5) is 30.7. The van der Waals surface area contributed by atoms with E-state index in [0.29, 0.717) is 24.1 Å². The minimum Gasteiger partial charge on any atom is -0.432 e. The first-order valence-electron chi connectivity index (χ1n) is 12.0. The van der Waals surface area contributed by atoms with Gasteiger partial charge in [0.25, 0.3) is 11.9 Å². The minimum absolute atomic E-state index is 0.0374. The summed E-state index contributed by atoms with van der Waals surface area (Å²) in [5, 5.41) is 3.43. The zero-order chi connectivity index (χ0) is 24.5. The highest BCUT2D eigenvalue weighted by molar-refractivity contribution is 5.94. The second-order valence-corrected chi connectivity index (χ2v) is 9.07. The molecule has 9 heteroatoms. The van der Waals surface area contributed by atoms with E-state index < -0.39 is 0 Å². The molecule has 4 heterocycles. The lowest BCUT2D eigenvalue weighted by molar-refractivity contribution is 0.0714. The van der Waals surface area contributed by atoms with E-state index in [9.17, 15) is 9.18 Å². The first kappa shape index (κ1) is 22.2. The molecule has 0 aliphatic carbocycles. The number of aromatic nitrogens is 2. The Hall–Kier alpha value is -4.27. The molecule has 1 N–H and O–H groups in total. The van der Waals surface area contributed by atoms with E-state index in [2.05, 4.69) is 10.3 Å². The lowest BCUT2D eigenvalue weighted by atomic mass is 9.97. The van der Waals surface area contributed by atoms with Gasteiger partial charge in [-0.1, -0.05) is 30.3 Å². The predicted octanol–water partition coefficient (Wildman–Crippen LogP) is 4.29. The number of likely N-dealkylation sites (tertiary alicyclic amines) is 1. The molecular weight excluding hydrogens is 459 g/mol. The molecule has 0 saturated carbocycles. The second-order valence-electron chi connectivity index (χ2n) is 9.07. The molecule has 3 aromatic rings. The normalized spacial score (nSPS) is 22.7. The molecule has 0 bridgehead atoms. The molecule has 182 valence electrons. The van der Waals surface area contributed by atoms with Gasteiger partial charge in [0.2, 0.25) is 5.95 Å². The Balaban J connectivity index is 1.21. The molecular formula is C27H25FN6O2. The topological polar surface area (TPSA) is 83.0 Å². The highest BCUT2D eigenvalue weighted by atomic mass is 19.1. The van der Waals surface area contributed by atoms with E-state index >= 15 is 0 Å². The molecule has 3 aliphatic rings. The Bertz CT molecular complexity index is 1310. The Labute approximate surface area is 208 Å². The fraction of sp³-hybridized carbons (Fsp3) is 0.259. The third-order valence-corrected chi connectivity index (χ3v) is 6.72. The standard InChI is InChI=1S/C27H25FN6O2/c28-20-10-8-18(9-11-20)23-24(34-15-16-36-27(34)32-23)22-12-13-29-26(31-22)30-21-7-4-14-33(17-21)25(35)19-5-2-1-3-6-19/h1-3,5-6,8-13,15-16,21,23-24H,4,7,14,17H2,(H,29,30,31)/t21-,23?,24?/m1/s1. The number of carbonyl (C=O) groups excluding carboxylic acids is 1. The molecule has 0 spiro atoms. The van der Waals surface area contributed by atoms with Crippen molar-refractivity contribution in [2.24, 2.45) is 4.99 Å². The number of halogens is 1. The number of carbonyl (C=O) groups is 1. The average molecular weight is 485 g/mol. The fourth-order valence-corrected chi connectivity index (χ4v) is 4.99. The van der Waals surface area contributed by atoms with Gasteiger partial charge in [-0.15, -0.1) is 0 Å². The van der Waals surface area contributed by atoms with Crippen LogP contribution in [0.25, 0.3) is 0 Å². The third kappa shape index (κ3) is 4.28. The van der Waals surface area contributed by atoms with Crippen molar-refractivity contribution in [2.75, 3.05) is 18.4 Å². The van der Waals surface area contributed by atoms with E-state index in [-0.39, 0.29) is 29.8 Å². The van der Waals surface area contributed by atoms with Crippen molar-refractivity contribution < 1.29 is 13.9 Å². The number of hydrogen-bond donors (Lipinski definition) is 1. The molecule has 1 aromatic heterocycles. The summed E-state index contributed by atoms with van der Waals surface area (Å²) < 4.78 is 19.1. The van der Waals surface area contributed by atoms with Crippen LogP contribution < -0.4 is 5.32 Å². The number of rotatable bonds is 5. The second kappa shape index (κ2) is 9.41. The molecule has 1 amide bonds. The number of aliphatic imine (C=N–C) groups is 1. The van der Waals surface area contributed by atoms with Gasteiger partial charge >= 0.3 is 0 Å². The Morgan fingerprint density at radius 2 is 1.92 bits per heavy atom. The van der Waals surface area contributed by atoms with Crippen molar-refractivity contribution in [1.82, 2.24) is 19.8 Å². The predicted molar refractivity (Wildman–Crippen MR) is 132 cm³/mol. The van der Waals surface area contributed by atoms with E-state index in [0.717, 1.165) is 30.6 Å². The number of benzene rings is 2. The number of nitrogens with zero attached hydrogens (tertiary/aromatic N) is 5. The average Bonchev–Trinajstić information content (AvgIpc) is 3.51. The molecule has 1 fully saturated rings. The minimum atomic E-state index is -0.304. The van der Waals surface area contributed by atoms with Crippen LogP contribution in [-0.2, 0) is 4.74 Å². The van der Waals surface area contributed by atoms with Crippen LogP contribution >= 0.6 is 0 Å². The number of nitrogens with one attached hydrogen (secondary N) is 1. The maximum atomic E-state index is 13.5. The van der Waals surface area contributed by atoms with Crippen LogP contribution in [0.3, 0.4) is 0 Å². The number of ether oxygens (including phenoxy) is 1. The van der Waals surface area contributed by atoms with E-state index in [1.165, 1.54) is 12.1 Å². The molecule has 36 heavy (non-hydrogen) atoms. The van der Waals surface area contributed by atoms with E-state index in [1.807, 2.05) is 52.4 Å². The van der Waals surface area contributed by atoms with Gasteiger partial charge in [0.05, 0.1) is 5.69 Å². The molecule has 2 unspecified atom stereocenters. The van der Waals surface area contributed by atoms with Gasteiger partial charge in [-0.05, 0) is 48.7 Å². The third-order valence-electron chi connectivity index (χ3n) is 6.72. The summed E-state index contributed by atoms with van der Waals surface area (Å²) >= 11 is 0. The van der Waals surface area contributed by atoms with Crippen LogP contribution in [0, 0.1) is 5.82 Å². The van der Waals surface area contributed by atoms with Gasteiger partial charge in [-0.2, -0.15) is 0 Å². The largest absolute Gasteiger partial charge is 0.432 e. The van der Waals surface area contributed by atoms with Gasteiger partial charge in [-0.25, -0.2) is 19.4 Å². The Morgan fingerprint density at radius 1 is 1.08 bits per heavy atom. The SMILES string of the molecule is O=C(c1ccccc1)N1CCC[C@@H](Nc2nccc(C3C(c4ccc(F)cc4)N=C4OC=CN43)n2)C1. The van der Waals surface area contributed by atoms with Crippen molar-refractivity contribution >= 4 is 17.9 Å². The molecule has 2 aromatic carbocycles. The lowest BCUT2D eigenvalue weighted by Crippen LogP contribution is -2.45. The summed E-state index contributed by atoms with van der Waals surface area (Å²) in [6.07, 6.45) is 6.96. The molecule has 0 radical (unpaired) electrons. The summed E-state index contributed by atoms with van der Waals surface area (Å²) in [5.74, 6) is 0.246. The summed E-state index contributed by atoms with van der Waals surface area (Å²) in [5.41, 5.74) is 2.33. The molecule has 6 rings (SSSR count). The molecule has 8 nitrogen and oxygen atoms in total. The first-order chi connectivity index (χ1) is 17.7. The van der Waals surface area contributed by atoms with Crippen LogP contribution in [-0.4, -0.2) is 50.8 Å². The summed E-state index contributed by atoms with van der Waals surface area (Å²) in [6.45, 7) is 1.31. The maximum absolute atomic E-state index is 13.5. The molecule has 1 saturated heterocycles. The lowest BCUT2D eigenvalue weighted by Gasteiger charge is -2.33. The Morgan fingerprint density at radius 3 is 2.75 bits per heavy atom. The van der Waals surface area contributed by atoms with Crippen molar-refractivity contribution in [3.05, 3.63) is 102 Å². The van der Waals surface area contributed by atoms with Crippen molar-refractivity contribution in [3.63, 3.8) is 0 Å². The van der Waals surface area contributed by atoms with Crippen LogP contribution in [0.5, 0.6) is 0 Å². The smallest absolute Gasteiger partial charge is 0.298 e. The first-order valence-corrected chi connectivity index (χ1v) is 12.0. The van der Waals surface area contributed by atoms with E-state index in [1.54, 1.807) is 24.6 Å². The number of fused-ring (bicyclic) bond motifs is 1. The zero-order valence-corrected chi connectivity index (χ0v) is 19.5. The molecule has 3 atom stereocenters. The van der Waals surface area contributed by atoms with Crippen LogP contribution in [0.1, 0.15) is 46.5 Å². The van der Waals surface area contributed by atoms with Crippen molar-refractivity contribution in [1.29, 1.82) is 0 Å². The van der Waals surface area contributed by atoms with Gasteiger partial charge in [0, 0.05) is 37.1 Å². The number of amides is 1. The monoisotopic (exact) mass is 484 g/mol. The summed E-state index contributed by atoms with van der Waals surface area (Å²) in [6, 6.07) is 17.5. The quantitative estimate of drug-likeness (QED) is 0.582. The van der Waals surface area contributed by atoms with E-state index in [4.69, 9.17) is 14.7 Å². The Kier molecular flexibility index (Phi) is 5.80. The van der Waals surface area contributed by atoms with Gasteiger partial charge in [0.15, 0.2) is 0 Å². The molecule has 3 aliphatic heterocycles. The van der Waals surface area contributed by atoms with Crippen molar-refractivity contribution in [2.45, 2.75) is 31.0 Å². The maximum Gasteiger partial charge on any atom is 0.298 e. The van der Waals surface area contributed by atoms with Crippen LogP contribution in [0.15, 0.2) is 84.3 Å². The fourth-order valence-electron chi connectivity index (χ4n) is 4.99. The number of piperidine rings is 1. The zero-order valence-electron chi connectivity index (χ0n) is 19.5. The van der Waals surface area contributed by atoms with Crippen LogP contribution in [0.4, 0.5) is 10.3 Å². The number of hydrogen-bond acceptors (Lipinski definition) is 7. The summed E-state index contributed by atoms with van der Waals surface area (Å²) in [7, 11) is 0. The number of anilines is 1.